The van der Waals surface area contributed by atoms with Gasteiger partial charge in [-0.2, -0.15) is 0 Å². The predicted molar refractivity (Wildman–Crippen MR) is 108 cm³/mol. The molecule has 2 aromatic carbocycles. The topological polar surface area (TPSA) is 90.2 Å². The van der Waals surface area contributed by atoms with Crippen LogP contribution in [0.3, 0.4) is 0 Å². The summed E-state index contributed by atoms with van der Waals surface area (Å²) in [6.45, 7) is 1.90. The summed E-state index contributed by atoms with van der Waals surface area (Å²) in [6.07, 6.45) is -1.37. The van der Waals surface area contributed by atoms with Crippen molar-refractivity contribution in [2.24, 2.45) is 5.92 Å². The molecule has 1 saturated carbocycles. The van der Waals surface area contributed by atoms with E-state index in [0.717, 1.165) is 23.3 Å². The van der Waals surface area contributed by atoms with E-state index in [-0.39, 0.29) is 12.5 Å². The molecule has 28 heavy (non-hydrogen) atoms. The monoisotopic (exact) mass is 386 g/mol. The van der Waals surface area contributed by atoms with Gasteiger partial charge in [-0.25, -0.2) is 0 Å². The Morgan fingerprint density at radius 2 is 1.61 bits per heavy atom. The Balaban J connectivity index is 1.89. The summed E-state index contributed by atoms with van der Waals surface area (Å²) < 4.78 is 5.52. The predicted octanol–water partition coefficient (Wildman–Crippen LogP) is 2.03. The second-order valence-electron chi connectivity index (χ2n) is 7.67. The van der Waals surface area contributed by atoms with E-state index in [1.165, 1.54) is 11.1 Å². The number of aliphatic hydroxyl groups excluding tert-OH is 4. The molecule has 1 aliphatic carbocycles. The third kappa shape index (κ3) is 4.23. The molecule has 0 radical (unpaired) electrons. The van der Waals surface area contributed by atoms with Gasteiger partial charge < -0.3 is 25.2 Å². The minimum Gasteiger partial charge on any atom is -0.496 e. The fraction of sp³-hybridized carbons (Fsp3) is 0.478. The Kier molecular flexibility index (Phi) is 6.73. The number of benzene rings is 2. The lowest BCUT2D eigenvalue weighted by atomic mass is 9.73. The Labute approximate surface area is 166 Å². The summed E-state index contributed by atoms with van der Waals surface area (Å²) in [5.41, 5.74) is 4.33. The van der Waals surface area contributed by atoms with Crippen LogP contribution in [0.15, 0.2) is 42.5 Å². The van der Waals surface area contributed by atoms with Crippen LogP contribution in [0.4, 0.5) is 0 Å². The van der Waals surface area contributed by atoms with Gasteiger partial charge in [-0.3, -0.25) is 0 Å². The van der Waals surface area contributed by atoms with Crippen LogP contribution in [0.2, 0.25) is 0 Å². The molecule has 0 heterocycles. The van der Waals surface area contributed by atoms with Crippen LogP contribution >= 0.6 is 0 Å². The van der Waals surface area contributed by atoms with Crippen molar-refractivity contribution in [1.82, 2.24) is 0 Å². The Bertz CT molecular complexity index is 771. The quantitative estimate of drug-likeness (QED) is 0.610. The largest absolute Gasteiger partial charge is 0.496 e. The van der Waals surface area contributed by atoms with Crippen molar-refractivity contribution in [3.63, 3.8) is 0 Å². The van der Waals surface area contributed by atoms with Crippen molar-refractivity contribution in [2.45, 2.75) is 50.4 Å². The SMILES string of the molecule is CCc1ccc(Cc2cc([C@@H]3C[C@H](CO)[C@@H](O)[C@H](O)[C@H]3O)ccc2OC)cc1. The average Bonchev–Trinajstić information content (AvgIpc) is 2.73. The third-order valence-corrected chi connectivity index (χ3v) is 5.94. The van der Waals surface area contributed by atoms with Crippen LogP contribution in [0, 0.1) is 5.92 Å². The molecular formula is C23H30O5. The minimum absolute atomic E-state index is 0.228. The lowest BCUT2D eigenvalue weighted by molar-refractivity contribution is -0.127. The van der Waals surface area contributed by atoms with Crippen molar-refractivity contribution in [1.29, 1.82) is 0 Å². The van der Waals surface area contributed by atoms with E-state index in [2.05, 4.69) is 31.2 Å². The first-order valence-corrected chi connectivity index (χ1v) is 9.88. The molecule has 0 saturated heterocycles. The molecule has 152 valence electrons. The van der Waals surface area contributed by atoms with Gasteiger partial charge in [0.2, 0.25) is 0 Å². The molecule has 0 amide bonds. The summed E-state index contributed by atoms with van der Waals surface area (Å²) in [4.78, 5) is 0. The lowest BCUT2D eigenvalue weighted by Gasteiger charge is -2.40. The van der Waals surface area contributed by atoms with Crippen LogP contribution < -0.4 is 4.74 Å². The van der Waals surface area contributed by atoms with Gasteiger partial charge in [-0.1, -0.05) is 43.3 Å². The van der Waals surface area contributed by atoms with E-state index < -0.39 is 24.2 Å². The Morgan fingerprint density at radius 1 is 0.929 bits per heavy atom. The van der Waals surface area contributed by atoms with Gasteiger partial charge in [0.05, 0.1) is 19.3 Å². The lowest BCUT2D eigenvalue weighted by Crippen LogP contribution is -2.51. The van der Waals surface area contributed by atoms with Crippen LogP contribution in [-0.4, -0.2) is 52.5 Å². The molecule has 0 aliphatic heterocycles. The van der Waals surface area contributed by atoms with Gasteiger partial charge in [0.15, 0.2) is 0 Å². The van der Waals surface area contributed by atoms with Crippen LogP contribution in [-0.2, 0) is 12.8 Å². The summed E-state index contributed by atoms with van der Waals surface area (Å²) in [7, 11) is 1.63. The maximum atomic E-state index is 10.5. The summed E-state index contributed by atoms with van der Waals surface area (Å²) in [5.74, 6) is -0.0499. The zero-order chi connectivity index (χ0) is 20.3. The minimum atomic E-state index is -1.27. The van der Waals surface area contributed by atoms with E-state index in [1.54, 1.807) is 7.11 Å². The van der Waals surface area contributed by atoms with Gasteiger partial charge in [0.1, 0.15) is 11.9 Å². The second-order valence-corrected chi connectivity index (χ2v) is 7.67. The Hall–Kier alpha value is -1.92. The number of methoxy groups -OCH3 is 1. The standard InChI is InChI=1S/C23H30O5/c1-3-14-4-6-15(7-5-14)10-17-11-16(8-9-20(17)28-2)19-12-18(13-24)21(25)23(27)22(19)26/h4-9,11,18-19,21-27H,3,10,12-13H2,1-2H3/t18-,19+,21-,22+,23+/m1/s1. The molecule has 0 spiro atoms. The average molecular weight is 386 g/mol. The van der Waals surface area contributed by atoms with Gasteiger partial charge in [0, 0.05) is 24.9 Å². The smallest absolute Gasteiger partial charge is 0.122 e. The number of hydrogen-bond acceptors (Lipinski definition) is 5. The number of aliphatic hydroxyl groups is 4. The third-order valence-electron chi connectivity index (χ3n) is 5.94. The molecule has 5 atom stereocenters. The molecule has 0 bridgehead atoms. The summed E-state index contributed by atoms with van der Waals surface area (Å²) in [6, 6.07) is 14.2. The highest BCUT2D eigenvalue weighted by Gasteiger charge is 2.42. The van der Waals surface area contributed by atoms with Gasteiger partial charge in [0.25, 0.3) is 0 Å². The highest BCUT2D eigenvalue weighted by Crippen LogP contribution is 2.38. The van der Waals surface area contributed by atoms with Crippen LogP contribution in [0.1, 0.15) is 41.5 Å². The second kappa shape index (κ2) is 9.05. The van der Waals surface area contributed by atoms with Crippen molar-refractivity contribution in [3.8, 4) is 5.75 Å². The number of aryl methyl sites for hydroxylation is 1. The zero-order valence-corrected chi connectivity index (χ0v) is 16.5. The summed E-state index contributed by atoms with van der Waals surface area (Å²) in [5, 5.41) is 40.3. The maximum absolute atomic E-state index is 10.5. The van der Waals surface area contributed by atoms with E-state index in [0.29, 0.717) is 12.8 Å². The zero-order valence-electron chi connectivity index (χ0n) is 16.5. The molecule has 3 rings (SSSR count). The first-order chi connectivity index (χ1) is 13.5. The van der Waals surface area contributed by atoms with Gasteiger partial charge in [-0.15, -0.1) is 0 Å². The molecule has 5 nitrogen and oxygen atoms in total. The number of ether oxygens (including phenoxy) is 1. The van der Waals surface area contributed by atoms with Gasteiger partial charge >= 0.3 is 0 Å². The molecule has 5 heteroatoms. The fourth-order valence-corrected chi connectivity index (χ4v) is 4.12. The highest BCUT2D eigenvalue weighted by molar-refractivity contribution is 5.42. The first-order valence-electron chi connectivity index (χ1n) is 9.88. The first kappa shape index (κ1) is 20.8. The molecule has 2 aromatic rings. The molecule has 1 aliphatic rings. The summed E-state index contributed by atoms with van der Waals surface area (Å²) >= 11 is 0. The van der Waals surface area contributed by atoms with E-state index in [9.17, 15) is 20.4 Å². The van der Waals surface area contributed by atoms with Crippen molar-refractivity contribution in [2.75, 3.05) is 13.7 Å². The molecule has 4 N–H and O–H groups in total. The normalized spacial score (nSPS) is 27.6. The molecule has 0 aromatic heterocycles. The molecular weight excluding hydrogens is 356 g/mol. The van der Waals surface area contributed by atoms with Crippen LogP contribution in [0.5, 0.6) is 5.75 Å². The van der Waals surface area contributed by atoms with E-state index in [1.807, 2.05) is 18.2 Å². The molecule has 1 fully saturated rings. The Morgan fingerprint density at radius 3 is 2.21 bits per heavy atom. The van der Waals surface area contributed by atoms with Crippen molar-refractivity contribution >= 4 is 0 Å². The number of hydrogen-bond donors (Lipinski definition) is 4. The fourth-order valence-electron chi connectivity index (χ4n) is 4.12. The van der Waals surface area contributed by atoms with Crippen molar-refractivity contribution < 1.29 is 25.2 Å². The van der Waals surface area contributed by atoms with Gasteiger partial charge in [-0.05, 0) is 41.2 Å². The van der Waals surface area contributed by atoms with E-state index >= 15 is 0 Å². The number of rotatable bonds is 6. The van der Waals surface area contributed by atoms with Crippen molar-refractivity contribution in [3.05, 3.63) is 64.7 Å². The highest BCUT2D eigenvalue weighted by atomic mass is 16.5. The van der Waals surface area contributed by atoms with E-state index in [4.69, 9.17) is 4.74 Å². The maximum Gasteiger partial charge on any atom is 0.122 e. The van der Waals surface area contributed by atoms with Crippen LogP contribution in [0.25, 0.3) is 0 Å². The molecule has 0 unspecified atom stereocenters.